The summed E-state index contributed by atoms with van der Waals surface area (Å²) < 4.78 is 5.96. The van der Waals surface area contributed by atoms with Gasteiger partial charge in [-0.25, -0.2) is 0 Å². The Bertz CT molecular complexity index is 332. The maximum absolute atomic E-state index is 12.3. The van der Waals surface area contributed by atoms with Gasteiger partial charge in [0.1, 0.15) is 0 Å². The Hall–Kier alpha value is -0.320. The van der Waals surface area contributed by atoms with Crippen molar-refractivity contribution in [3.8, 4) is 0 Å². The van der Waals surface area contributed by atoms with E-state index in [9.17, 15) is 4.79 Å². The molecule has 1 spiro atoms. The standard InChI is InChI=1S/C16H30N2O2.ClH/c1-4-20-14-12-13(16(14)9-6-5-7-10-16)18(3)15(19)8-11-17-2;/h13-14,17H,4-12H2,1-3H3;1H. The molecule has 5 heteroatoms. The van der Waals surface area contributed by atoms with E-state index in [1.54, 1.807) is 0 Å². The summed E-state index contributed by atoms with van der Waals surface area (Å²) in [6.45, 7) is 3.62. The lowest BCUT2D eigenvalue weighted by molar-refractivity contribution is -0.184. The van der Waals surface area contributed by atoms with Gasteiger partial charge in [-0.1, -0.05) is 19.3 Å². The Balaban J connectivity index is 0.00000220. The van der Waals surface area contributed by atoms with Crippen molar-refractivity contribution in [3.05, 3.63) is 0 Å². The van der Waals surface area contributed by atoms with Crippen LogP contribution in [0.1, 0.15) is 51.9 Å². The number of ether oxygens (including phenoxy) is 1. The maximum Gasteiger partial charge on any atom is 0.223 e. The quantitative estimate of drug-likeness (QED) is 0.818. The molecule has 0 saturated heterocycles. The molecular weight excluding hydrogens is 288 g/mol. The molecule has 2 aliphatic rings. The highest BCUT2D eigenvalue weighted by molar-refractivity contribution is 5.85. The molecule has 0 aromatic heterocycles. The molecule has 2 fully saturated rings. The van der Waals surface area contributed by atoms with Crippen LogP contribution in [0.15, 0.2) is 0 Å². The van der Waals surface area contributed by atoms with Gasteiger partial charge in [-0.2, -0.15) is 0 Å². The molecule has 2 unspecified atom stereocenters. The van der Waals surface area contributed by atoms with Crippen LogP contribution in [0.3, 0.4) is 0 Å². The van der Waals surface area contributed by atoms with Crippen LogP contribution in [0.25, 0.3) is 0 Å². The molecule has 124 valence electrons. The fraction of sp³-hybridized carbons (Fsp3) is 0.938. The van der Waals surface area contributed by atoms with Gasteiger partial charge in [0, 0.05) is 38.1 Å². The highest BCUT2D eigenvalue weighted by atomic mass is 35.5. The van der Waals surface area contributed by atoms with Crippen molar-refractivity contribution in [2.45, 2.75) is 64.0 Å². The van der Waals surface area contributed by atoms with E-state index in [1.807, 2.05) is 19.0 Å². The van der Waals surface area contributed by atoms with Gasteiger partial charge in [-0.15, -0.1) is 12.4 Å². The lowest BCUT2D eigenvalue weighted by atomic mass is 9.54. The van der Waals surface area contributed by atoms with Crippen molar-refractivity contribution in [2.75, 3.05) is 27.2 Å². The molecule has 4 nitrogen and oxygen atoms in total. The predicted octanol–water partition coefficient (Wildman–Crippen LogP) is 2.60. The highest BCUT2D eigenvalue weighted by Gasteiger charge is 2.57. The molecule has 0 aliphatic heterocycles. The van der Waals surface area contributed by atoms with Crippen LogP contribution in [-0.4, -0.2) is 50.2 Å². The minimum atomic E-state index is 0. The van der Waals surface area contributed by atoms with Crippen molar-refractivity contribution in [3.63, 3.8) is 0 Å². The van der Waals surface area contributed by atoms with Crippen LogP contribution in [0.2, 0.25) is 0 Å². The zero-order valence-corrected chi connectivity index (χ0v) is 14.5. The average molecular weight is 319 g/mol. The third-order valence-electron chi connectivity index (χ3n) is 5.34. The summed E-state index contributed by atoms with van der Waals surface area (Å²) in [6, 6.07) is 0.392. The van der Waals surface area contributed by atoms with E-state index in [0.29, 0.717) is 18.6 Å². The summed E-state index contributed by atoms with van der Waals surface area (Å²) >= 11 is 0. The van der Waals surface area contributed by atoms with Crippen molar-refractivity contribution in [1.29, 1.82) is 0 Å². The Morgan fingerprint density at radius 1 is 1.33 bits per heavy atom. The van der Waals surface area contributed by atoms with Gasteiger partial charge in [0.15, 0.2) is 0 Å². The summed E-state index contributed by atoms with van der Waals surface area (Å²) in [4.78, 5) is 14.3. The molecular formula is C16H31ClN2O2. The molecule has 2 atom stereocenters. The van der Waals surface area contributed by atoms with Crippen LogP contribution in [-0.2, 0) is 9.53 Å². The second kappa shape index (κ2) is 8.35. The summed E-state index contributed by atoms with van der Waals surface area (Å²) in [5.41, 5.74) is 0.248. The monoisotopic (exact) mass is 318 g/mol. The van der Waals surface area contributed by atoms with Crippen LogP contribution in [0.5, 0.6) is 0 Å². The van der Waals surface area contributed by atoms with E-state index >= 15 is 0 Å². The largest absolute Gasteiger partial charge is 0.378 e. The Kier molecular flexibility index (Phi) is 7.45. The molecule has 21 heavy (non-hydrogen) atoms. The van der Waals surface area contributed by atoms with Crippen molar-refractivity contribution in [2.24, 2.45) is 5.41 Å². The number of hydrogen-bond acceptors (Lipinski definition) is 3. The van der Waals surface area contributed by atoms with Crippen LogP contribution in [0.4, 0.5) is 0 Å². The second-order valence-electron chi connectivity index (χ2n) is 6.35. The molecule has 2 saturated carbocycles. The van der Waals surface area contributed by atoms with E-state index < -0.39 is 0 Å². The van der Waals surface area contributed by atoms with Crippen molar-refractivity contribution in [1.82, 2.24) is 10.2 Å². The lowest BCUT2D eigenvalue weighted by Crippen LogP contribution is -2.65. The zero-order chi connectivity index (χ0) is 14.6. The van der Waals surface area contributed by atoms with Gasteiger partial charge in [-0.05, 0) is 33.2 Å². The number of nitrogens with one attached hydrogen (secondary N) is 1. The second-order valence-corrected chi connectivity index (χ2v) is 6.35. The predicted molar refractivity (Wildman–Crippen MR) is 87.9 cm³/mol. The number of halogens is 1. The molecule has 2 rings (SSSR count). The Labute approximate surface area is 135 Å². The minimum Gasteiger partial charge on any atom is -0.378 e. The Morgan fingerprint density at radius 3 is 2.57 bits per heavy atom. The Morgan fingerprint density at radius 2 is 2.00 bits per heavy atom. The SMILES string of the molecule is CCOC1CC(N(C)C(=O)CCNC)C12CCCCC2.Cl. The minimum absolute atomic E-state index is 0. The van der Waals surface area contributed by atoms with E-state index in [4.69, 9.17) is 4.74 Å². The summed E-state index contributed by atoms with van der Waals surface area (Å²) in [5, 5.41) is 3.06. The van der Waals surface area contributed by atoms with Gasteiger partial charge in [0.2, 0.25) is 5.91 Å². The molecule has 0 radical (unpaired) electrons. The van der Waals surface area contributed by atoms with Crippen molar-refractivity contribution < 1.29 is 9.53 Å². The first-order chi connectivity index (χ1) is 9.65. The summed E-state index contributed by atoms with van der Waals surface area (Å²) in [5.74, 6) is 0.268. The number of rotatable bonds is 6. The third kappa shape index (κ3) is 3.72. The van der Waals surface area contributed by atoms with E-state index in [-0.39, 0.29) is 23.7 Å². The van der Waals surface area contributed by atoms with Crippen molar-refractivity contribution >= 4 is 18.3 Å². The number of amides is 1. The molecule has 1 N–H and O–H groups in total. The van der Waals surface area contributed by atoms with E-state index in [0.717, 1.165) is 19.6 Å². The van der Waals surface area contributed by atoms with Gasteiger partial charge in [0.25, 0.3) is 0 Å². The van der Waals surface area contributed by atoms with Crippen LogP contribution >= 0.6 is 12.4 Å². The molecule has 0 aromatic carbocycles. The van der Waals surface area contributed by atoms with Gasteiger partial charge < -0.3 is 15.0 Å². The number of nitrogens with zero attached hydrogens (tertiary/aromatic N) is 1. The normalized spacial score (nSPS) is 26.8. The first-order valence-electron chi connectivity index (χ1n) is 8.17. The fourth-order valence-corrected chi connectivity index (χ4v) is 4.15. The highest BCUT2D eigenvalue weighted by Crippen LogP contribution is 2.55. The summed E-state index contributed by atoms with van der Waals surface area (Å²) in [7, 11) is 3.88. The van der Waals surface area contributed by atoms with Gasteiger partial charge >= 0.3 is 0 Å². The van der Waals surface area contributed by atoms with Crippen LogP contribution < -0.4 is 5.32 Å². The third-order valence-corrected chi connectivity index (χ3v) is 5.34. The zero-order valence-electron chi connectivity index (χ0n) is 13.7. The average Bonchev–Trinajstić information content (AvgIpc) is 2.48. The van der Waals surface area contributed by atoms with Gasteiger partial charge in [0.05, 0.1) is 6.10 Å². The fourth-order valence-electron chi connectivity index (χ4n) is 4.15. The van der Waals surface area contributed by atoms with Crippen LogP contribution in [0, 0.1) is 5.41 Å². The summed E-state index contributed by atoms with van der Waals surface area (Å²) in [6.07, 6.45) is 8.37. The topological polar surface area (TPSA) is 41.6 Å². The first-order valence-corrected chi connectivity index (χ1v) is 8.17. The maximum atomic E-state index is 12.3. The molecule has 0 heterocycles. The van der Waals surface area contributed by atoms with E-state index in [2.05, 4.69) is 12.2 Å². The van der Waals surface area contributed by atoms with E-state index in [1.165, 1.54) is 32.1 Å². The molecule has 0 aromatic rings. The molecule has 1 amide bonds. The smallest absolute Gasteiger partial charge is 0.223 e. The number of carbonyl (C=O) groups excluding carboxylic acids is 1. The number of hydrogen-bond donors (Lipinski definition) is 1. The number of carbonyl (C=O) groups is 1. The molecule has 2 aliphatic carbocycles. The first kappa shape index (κ1) is 18.7. The van der Waals surface area contributed by atoms with Gasteiger partial charge in [-0.3, -0.25) is 4.79 Å². The molecule has 0 bridgehead atoms. The lowest BCUT2D eigenvalue weighted by Gasteiger charge is -2.60.